The van der Waals surface area contributed by atoms with E-state index < -0.39 is 0 Å². The molecular formula is C12H12FN3O. The summed E-state index contributed by atoms with van der Waals surface area (Å²) in [5.41, 5.74) is 0.359. The zero-order chi connectivity index (χ0) is 11.7. The van der Waals surface area contributed by atoms with Crippen molar-refractivity contribution in [3.8, 4) is 11.5 Å². The lowest BCUT2D eigenvalue weighted by Crippen LogP contribution is -2.43. The maximum atomic E-state index is 13.5. The smallest absolute Gasteiger partial charge is 0.250 e. The molecule has 0 radical (unpaired) electrons. The monoisotopic (exact) mass is 233 g/mol. The number of benzene rings is 1. The predicted octanol–water partition coefficient (Wildman–Crippen LogP) is 1.64. The van der Waals surface area contributed by atoms with Crippen LogP contribution in [0, 0.1) is 11.7 Å². The number of hydrogen-bond donors (Lipinski definition) is 1. The highest BCUT2D eigenvalue weighted by Gasteiger charge is 2.21. The van der Waals surface area contributed by atoms with E-state index in [0.29, 0.717) is 17.4 Å². The molecule has 0 unspecified atom stereocenters. The van der Waals surface area contributed by atoms with E-state index in [1.165, 1.54) is 6.07 Å². The Morgan fingerprint density at radius 2 is 2.12 bits per heavy atom. The zero-order valence-electron chi connectivity index (χ0n) is 9.19. The summed E-state index contributed by atoms with van der Waals surface area (Å²) >= 11 is 0. The van der Waals surface area contributed by atoms with Gasteiger partial charge in [-0.25, -0.2) is 4.39 Å². The molecule has 1 aliphatic heterocycles. The first-order valence-electron chi connectivity index (χ1n) is 5.61. The van der Waals surface area contributed by atoms with Gasteiger partial charge >= 0.3 is 0 Å². The summed E-state index contributed by atoms with van der Waals surface area (Å²) in [5.74, 6) is 1.05. The molecule has 5 heteroatoms. The Morgan fingerprint density at radius 3 is 2.82 bits per heavy atom. The normalized spacial score (nSPS) is 15.8. The fourth-order valence-corrected chi connectivity index (χ4v) is 1.82. The van der Waals surface area contributed by atoms with E-state index in [1.807, 2.05) is 0 Å². The third-order valence-electron chi connectivity index (χ3n) is 2.90. The van der Waals surface area contributed by atoms with Crippen molar-refractivity contribution in [2.75, 3.05) is 13.1 Å². The van der Waals surface area contributed by atoms with Crippen molar-refractivity contribution in [2.45, 2.75) is 6.42 Å². The molecule has 2 heterocycles. The van der Waals surface area contributed by atoms with Crippen molar-refractivity contribution in [1.29, 1.82) is 0 Å². The van der Waals surface area contributed by atoms with Crippen molar-refractivity contribution < 1.29 is 8.81 Å². The fraction of sp³-hybridized carbons (Fsp3) is 0.333. The highest BCUT2D eigenvalue weighted by molar-refractivity contribution is 5.53. The number of aromatic nitrogens is 2. The van der Waals surface area contributed by atoms with Crippen molar-refractivity contribution in [1.82, 2.24) is 15.5 Å². The summed E-state index contributed by atoms with van der Waals surface area (Å²) in [5, 5.41) is 11.0. The lowest BCUT2D eigenvalue weighted by molar-refractivity contribution is 0.319. The Hall–Kier alpha value is -1.75. The van der Waals surface area contributed by atoms with Gasteiger partial charge in [0.05, 0.1) is 5.56 Å². The van der Waals surface area contributed by atoms with Gasteiger partial charge in [-0.2, -0.15) is 0 Å². The molecule has 17 heavy (non-hydrogen) atoms. The van der Waals surface area contributed by atoms with Crippen LogP contribution < -0.4 is 5.32 Å². The third-order valence-corrected chi connectivity index (χ3v) is 2.90. The second kappa shape index (κ2) is 4.25. The number of nitrogens with zero attached hydrogens (tertiary/aromatic N) is 2. The standard InChI is InChI=1S/C12H12FN3O/c13-10-4-2-1-3-9(10)12-16-15-11(17-12)5-8-6-14-7-8/h1-4,8,14H,5-7H2. The van der Waals surface area contributed by atoms with E-state index in [2.05, 4.69) is 15.5 Å². The van der Waals surface area contributed by atoms with Crippen LogP contribution in [0.3, 0.4) is 0 Å². The molecule has 1 N–H and O–H groups in total. The molecule has 0 spiro atoms. The van der Waals surface area contributed by atoms with E-state index in [4.69, 9.17) is 4.42 Å². The van der Waals surface area contributed by atoms with Gasteiger partial charge in [0.1, 0.15) is 5.82 Å². The molecule has 88 valence electrons. The maximum absolute atomic E-state index is 13.5. The highest BCUT2D eigenvalue weighted by Crippen LogP contribution is 2.22. The van der Waals surface area contributed by atoms with Gasteiger partial charge in [-0.1, -0.05) is 12.1 Å². The van der Waals surface area contributed by atoms with Gasteiger partial charge in [-0.3, -0.25) is 0 Å². The summed E-state index contributed by atoms with van der Waals surface area (Å²) in [6.45, 7) is 1.97. The minimum atomic E-state index is -0.340. The molecule has 0 aliphatic carbocycles. The predicted molar refractivity (Wildman–Crippen MR) is 59.8 cm³/mol. The molecule has 1 aromatic heterocycles. The second-order valence-corrected chi connectivity index (χ2v) is 4.21. The average Bonchev–Trinajstić information content (AvgIpc) is 2.73. The lowest BCUT2D eigenvalue weighted by atomic mass is 10.00. The van der Waals surface area contributed by atoms with Crippen LogP contribution in [0.5, 0.6) is 0 Å². The van der Waals surface area contributed by atoms with Gasteiger partial charge < -0.3 is 9.73 Å². The summed E-state index contributed by atoms with van der Waals surface area (Å²) < 4.78 is 19.0. The molecule has 1 fully saturated rings. The molecule has 0 amide bonds. The lowest BCUT2D eigenvalue weighted by Gasteiger charge is -2.25. The molecule has 1 aliphatic rings. The molecule has 0 saturated carbocycles. The number of halogens is 1. The second-order valence-electron chi connectivity index (χ2n) is 4.21. The van der Waals surface area contributed by atoms with Crippen LogP contribution in [-0.4, -0.2) is 23.3 Å². The van der Waals surface area contributed by atoms with E-state index in [1.54, 1.807) is 18.2 Å². The summed E-state index contributed by atoms with van der Waals surface area (Å²) in [7, 11) is 0. The van der Waals surface area contributed by atoms with E-state index in [-0.39, 0.29) is 11.7 Å². The minimum absolute atomic E-state index is 0.255. The van der Waals surface area contributed by atoms with Crippen LogP contribution >= 0.6 is 0 Å². The van der Waals surface area contributed by atoms with E-state index in [0.717, 1.165) is 19.5 Å². The van der Waals surface area contributed by atoms with E-state index >= 15 is 0 Å². The quantitative estimate of drug-likeness (QED) is 0.875. The summed E-state index contributed by atoms with van der Waals surface area (Å²) in [6, 6.07) is 6.40. The van der Waals surface area contributed by atoms with Crippen LogP contribution in [-0.2, 0) is 6.42 Å². The van der Waals surface area contributed by atoms with Crippen LogP contribution in [0.15, 0.2) is 28.7 Å². The Kier molecular flexibility index (Phi) is 2.60. The first kappa shape index (κ1) is 10.4. The Balaban J connectivity index is 1.82. The third kappa shape index (κ3) is 2.06. The van der Waals surface area contributed by atoms with Gasteiger partial charge in [0, 0.05) is 6.42 Å². The van der Waals surface area contributed by atoms with Gasteiger partial charge in [0.2, 0.25) is 5.89 Å². The Bertz CT molecular complexity index is 522. The van der Waals surface area contributed by atoms with E-state index in [9.17, 15) is 4.39 Å². The first-order chi connectivity index (χ1) is 8.33. The fourth-order valence-electron chi connectivity index (χ4n) is 1.82. The molecule has 2 aromatic rings. The molecular weight excluding hydrogens is 221 g/mol. The molecule has 1 aromatic carbocycles. The van der Waals surface area contributed by atoms with Crippen LogP contribution in [0.4, 0.5) is 4.39 Å². The number of rotatable bonds is 3. The zero-order valence-corrected chi connectivity index (χ0v) is 9.19. The Morgan fingerprint density at radius 1 is 1.29 bits per heavy atom. The van der Waals surface area contributed by atoms with Crippen LogP contribution in [0.25, 0.3) is 11.5 Å². The Labute approximate surface area is 97.9 Å². The van der Waals surface area contributed by atoms with Gasteiger partial charge in [-0.05, 0) is 31.1 Å². The molecule has 0 atom stereocenters. The minimum Gasteiger partial charge on any atom is -0.421 e. The number of nitrogens with one attached hydrogen (secondary N) is 1. The maximum Gasteiger partial charge on any atom is 0.250 e. The molecule has 1 saturated heterocycles. The van der Waals surface area contributed by atoms with Crippen molar-refractivity contribution in [3.63, 3.8) is 0 Å². The summed E-state index contributed by atoms with van der Waals surface area (Å²) in [4.78, 5) is 0. The van der Waals surface area contributed by atoms with Gasteiger partial charge in [0.15, 0.2) is 0 Å². The molecule has 3 rings (SSSR count). The SMILES string of the molecule is Fc1ccccc1-c1nnc(CC2CNC2)o1. The van der Waals surface area contributed by atoms with Crippen LogP contribution in [0.1, 0.15) is 5.89 Å². The largest absolute Gasteiger partial charge is 0.421 e. The van der Waals surface area contributed by atoms with Crippen molar-refractivity contribution in [2.24, 2.45) is 5.92 Å². The topological polar surface area (TPSA) is 51.0 Å². The average molecular weight is 233 g/mol. The van der Waals surface area contributed by atoms with Gasteiger partial charge in [0.25, 0.3) is 5.89 Å². The first-order valence-corrected chi connectivity index (χ1v) is 5.61. The summed E-state index contributed by atoms with van der Waals surface area (Å²) in [6.07, 6.45) is 0.758. The molecule has 0 bridgehead atoms. The molecule has 4 nitrogen and oxygen atoms in total. The van der Waals surface area contributed by atoms with Crippen molar-refractivity contribution >= 4 is 0 Å². The van der Waals surface area contributed by atoms with Gasteiger partial charge in [-0.15, -0.1) is 10.2 Å². The van der Waals surface area contributed by atoms with Crippen molar-refractivity contribution in [3.05, 3.63) is 36.0 Å². The highest BCUT2D eigenvalue weighted by atomic mass is 19.1. The number of hydrogen-bond acceptors (Lipinski definition) is 4. The van der Waals surface area contributed by atoms with Crippen LogP contribution in [0.2, 0.25) is 0 Å².